The zero-order chi connectivity index (χ0) is 21.3. The van der Waals surface area contributed by atoms with Crippen molar-refractivity contribution in [3.8, 4) is 0 Å². The highest BCUT2D eigenvalue weighted by molar-refractivity contribution is 9.10. The summed E-state index contributed by atoms with van der Waals surface area (Å²) in [6, 6.07) is 10.9. The Morgan fingerprint density at radius 1 is 1.33 bits per heavy atom. The Balaban J connectivity index is 1.83. The van der Waals surface area contributed by atoms with Crippen LogP contribution < -0.4 is 20.2 Å². The van der Waals surface area contributed by atoms with Crippen molar-refractivity contribution in [3.05, 3.63) is 82.1 Å². The summed E-state index contributed by atoms with van der Waals surface area (Å²) in [6.45, 7) is 3.80. The maximum Gasteiger partial charge on any atom is 0.338 e. The topological polar surface area (TPSA) is 72.7 Å². The number of nitrogens with zero attached hydrogens (tertiary/aromatic N) is 2. The Kier molecular flexibility index (Phi) is 6.03. The fourth-order valence-corrected chi connectivity index (χ4v) is 5.26. The van der Waals surface area contributed by atoms with Crippen LogP contribution in [0.2, 0.25) is 0 Å². The molecule has 0 bridgehead atoms. The van der Waals surface area contributed by atoms with Gasteiger partial charge in [0.2, 0.25) is 0 Å². The molecule has 154 valence electrons. The quantitative estimate of drug-likeness (QED) is 0.539. The first-order valence-electron chi connectivity index (χ1n) is 9.23. The Labute approximate surface area is 189 Å². The van der Waals surface area contributed by atoms with E-state index in [4.69, 9.17) is 4.74 Å². The summed E-state index contributed by atoms with van der Waals surface area (Å²) < 4.78 is 8.34. The number of allylic oxidation sites excluding steroid dienone is 1. The Morgan fingerprint density at radius 3 is 2.77 bits per heavy atom. The van der Waals surface area contributed by atoms with Crippen molar-refractivity contribution < 1.29 is 9.53 Å². The maximum absolute atomic E-state index is 13.3. The first-order valence-corrected chi connectivity index (χ1v) is 11.7. The van der Waals surface area contributed by atoms with E-state index in [0.717, 1.165) is 15.0 Å². The SMILES string of the molecule is CCOC(=O)C1=C(C)N=c2sc(=CNc3ccc(Br)cc3)c(=O)n2C1c1cccs1. The number of benzene rings is 1. The average Bonchev–Trinajstić information content (AvgIpc) is 3.35. The lowest BCUT2D eigenvalue weighted by Crippen LogP contribution is -2.39. The number of esters is 1. The number of ether oxygens (including phenoxy) is 1. The van der Waals surface area contributed by atoms with Gasteiger partial charge in [0.15, 0.2) is 4.80 Å². The van der Waals surface area contributed by atoms with E-state index >= 15 is 0 Å². The normalized spacial score (nSPS) is 16.2. The molecule has 0 fully saturated rings. The first kappa shape index (κ1) is 20.8. The summed E-state index contributed by atoms with van der Waals surface area (Å²) in [5, 5.41) is 5.09. The molecule has 0 radical (unpaired) electrons. The highest BCUT2D eigenvalue weighted by atomic mass is 79.9. The first-order chi connectivity index (χ1) is 14.5. The third-order valence-corrected chi connectivity index (χ3v) is 6.98. The zero-order valence-corrected chi connectivity index (χ0v) is 19.4. The van der Waals surface area contributed by atoms with Crippen molar-refractivity contribution in [1.82, 2.24) is 4.57 Å². The van der Waals surface area contributed by atoms with Gasteiger partial charge in [0, 0.05) is 21.2 Å². The minimum absolute atomic E-state index is 0.198. The van der Waals surface area contributed by atoms with Gasteiger partial charge in [0.1, 0.15) is 10.6 Å². The molecule has 1 aromatic carbocycles. The number of hydrogen-bond donors (Lipinski definition) is 1. The van der Waals surface area contributed by atoms with Crippen LogP contribution in [-0.2, 0) is 9.53 Å². The van der Waals surface area contributed by atoms with Crippen LogP contribution in [0.5, 0.6) is 0 Å². The largest absolute Gasteiger partial charge is 0.463 e. The number of hydrogen-bond acceptors (Lipinski definition) is 7. The van der Waals surface area contributed by atoms with E-state index in [9.17, 15) is 9.59 Å². The fraction of sp³-hybridized carbons (Fsp3) is 0.190. The minimum atomic E-state index is -0.546. The molecule has 30 heavy (non-hydrogen) atoms. The molecule has 1 aliphatic rings. The molecular weight excluding hydrogens is 486 g/mol. The number of nitrogens with one attached hydrogen (secondary N) is 1. The average molecular weight is 504 g/mol. The van der Waals surface area contributed by atoms with Crippen LogP contribution in [0, 0.1) is 0 Å². The molecule has 1 atom stereocenters. The molecule has 3 heterocycles. The maximum atomic E-state index is 13.3. The Hall–Kier alpha value is -2.49. The second kappa shape index (κ2) is 8.71. The molecule has 0 spiro atoms. The van der Waals surface area contributed by atoms with E-state index in [2.05, 4.69) is 26.2 Å². The molecule has 3 aromatic rings. The van der Waals surface area contributed by atoms with Gasteiger partial charge < -0.3 is 10.1 Å². The number of thiazole rings is 1. The van der Waals surface area contributed by atoms with E-state index in [1.807, 2.05) is 41.8 Å². The predicted octanol–water partition coefficient (Wildman–Crippen LogP) is 3.64. The van der Waals surface area contributed by atoms with E-state index in [0.29, 0.717) is 20.6 Å². The fourth-order valence-electron chi connectivity index (χ4n) is 3.20. The van der Waals surface area contributed by atoms with Gasteiger partial charge in [-0.2, -0.15) is 0 Å². The minimum Gasteiger partial charge on any atom is -0.463 e. The van der Waals surface area contributed by atoms with Crippen molar-refractivity contribution in [2.24, 2.45) is 4.99 Å². The van der Waals surface area contributed by atoms with Crippen LogP contribution in [-0.4, -0.2) is 17.1 Å². The molecule has 0 saturated heterocycles. The Bertz CT molecular complexity index is 1290. The van der Waals surface area contributed by atoms with Gasteiger partial charge in [-0.05, 0) is 49.6 Å². The highest BCUT2D eigenvalue weighted by Gasteiger charge is 2.33. The monoisotopic (exact) mass is 503 g/mol. The van der Waals surface area contributed by atoms with Gasteiger partial charge >= 0.3 is 5.97 Å². The summed E-state index contributed by atoms with van der Waals surface area (Å²) in [5.41, 5.74) is 1.64. The predicted molar refractivity (Wildman–Crippen MR) is 123 cm³/mol. The highest BCUT2D eigenvalue weighted by Crippen LogP contribution is 2.33. The van der Waals surface area contributed by atoms with Crippen LogP contribution in [0.25, 0.3) is 6.20 Å². The molecule has 6 nitrogen and oxygen atoms in total. The van der Waals surface area contributed by atoms with Crippen molar-refractivity contribution >= 4 is 56.5 Å². The smallest absolute Gasteiger partial charge is 0.338 e. The standard InChI is InChI=1S/C21H18BrN3O3S2/c1-3-28-20(27)17-12(2)24-21-25(18(17)15-5-4-10-29-15)19(26)16(30-21)11-23-14-8-6-13(22)7-9-14/h4-11,18,23H,3H2,1-2H3. The van der Waals surface area contributed by atoms with Crippen LogP contribution in [0.15, 0.2) is 67.3 Å². The Morgan fingerprint density at radius 2 is 2.10 bits per heavy atom. The number of thiophene rings is 1. The summed E-state index contributed by atoms with van der Waals surface area (Å²) in [5.74, 6) is -0.445. The van der Waals surface area contributed by atoms with Gasteiger partial charge in [0.25, 0.3) is 5.56 Å². The summed E-state index contributed by atoms with van der Waals surface area (Å²) in [7, 11) is 0. The lowest BCUT2D eigenvalue weighted by atomic mass is 10.0. The molecule has 1 N–H and O–H groups in total. The van der Waals surface area contributed by atoms with E-state index in [1.165, 1.54) is 22.7 Å². The number of carbonyl (C=O) groups excluding carboxylic acids is 1. The third-order valence-electron chi connectivity index (χ3n) is 4.54. The van der Waals surface area contributed by atoms with Crippen molar-refractivity contribution in [3.63, 3.8) is 0 Å². The summed E-state index contributed by atoms with van der Waals surface area (Å²) >= 11 is 6.19. The van der Waals surface area contributed by atoms with Crippen LogP contribution >= 0.6 is 38.6 Å². The van der Waals surface area contributed by atoms with Crippen LogP contribution in [0.1, 0.15) is 24.8 Å². The number of rotatable bonds is 5. The lowest BCUT2D eigenvalue weighted by molar-refractivity contribution is -0.139. The molecule has 0 amide bonds. The number of fused-ring (bicyclic) bond motifs is 1. The van der Waals surface area contributed by atoms with Gasteiger partial charge in [0.05, 0.1) is 17.9 Å². The molecule has 1 aliphatic heterocycles. The van der Waals surface area contributed by atoms with Gasteiger partial charge in [-0.25, -0.2) is 9.79 Å². The van der Waals surface area contributed by atoms with Crippen LogP contribution in [0.4, 0.5) is 5.69 Å². The molecule has 0 aliphatic carbocycles. The third kappa shape index (κ3) is 3.92. The van der Waals surface area contributed by atoms with E-state index in [-0.39, 0.29) is 12.2 Å². The lowest BCUT2D eigenvalue weighted by Gasteiger charge is -2.23. The molecule has 4 rings (SSSR count). The van der Waals surface area contributed by atoms with Gasteiger partial charge in [-0.15, -0.1) is 11.3 Å². The number of anilines is 1. The van der Waals surface area contributed by atoms with Crippen LogP contribution in [0.3, 0.4) is 0 Å². The second-order valence-electron chi connectivity index (χ2n) is 6.47. The molecule has 9 heteroatoms. The molecule has 1 unspecified atom stereocenters. The number of carbonyl (C=O) groups is 1. The molecular formula is C21H18BrN3O3S2. The van der Waals surface area contributed by atoms with Gasteiger partial charge in [-0.3, -0.25) is 9.36 Å². The summed E-state index contributed by atoms with van der Waals surface area (Å²) in [6.07, 6.45) is 1.68. The van der Waals surface area contributed by atoms with Crippen molar-refractivity contribution in [2.45, 2.75) is 19.9 Å². The number of halogens is 1. The van der Waals surface area contributed by atoms with Crippen molar-refractivity contribution in [1.29, 1.82) is 0 Å². The molecule has 0 saturated carbocycles. The zero-order valence-electron chi connectivity index (χ0n) is 16.2. The van der Waals surface area contributed by atoms with E-state index in [1.54, 1.807) is 24.6 Å². The van der Waals surface area contributed by atoms with E-state index < -0.39 is 12.0 Å². The number of aromatic nitrogens is 1. The molecule has 2 aromatic heterocycles. The van der Waals surface area contributed by atoms with Crippen molar-refractivity contribution in [2.75, 3.05) is 11.9 Å². The van der Waals surface area contributed by atoms with Gasteiger partial charge in [-0.1, -0.05) is 33.3 Å². The second-order valence-corrected chi connectivity index (χ2v) is 9.37. The summed E-state index contributed by atoms with van der Waals surface area (Å²) in [4.78, 5) is 32.0.